The molecule has 1 fully saturated rings. The molecular weight excluding hydrogens is 328 g/mol. The van der Waals surface area contributed by atoms with E-state index in [0.29, 0.717) is 23.9 Å². The molecule has 2 aromatic rings. The van der Waals surface area contributed by atoms with Crippen LogP contribution in [0.15, 0.2) is 36.5 Å². The number of carbonyl (C=O) groups is 1. The second-order valence-electron chi connectivity index (χ2n) is 5.81. The van der Waals surface area contributed by atoms with Gasteiger partial charge in [-0.25, -0.2) is 4.68 Å². The van der Waals surface area contributed by atoms with Crippen LogP contribution in [-0.2, 0) is 16.1 Å². The molecule has 1 aliphatic heterocycles. The largest absolute Gasteiger partial charge is 0.377 e. The van der Waals surface area contributed by atoms with E-state index in [4.69, 9.17) is 16.3 Å². The van der Waals surface area contributed by atoms with Crippen LogP contribution >= 0.6 is 11.6 Å². The maximum Gasteiger partial charge on any atom is 0.239 e. The minimum Gasteiger partial charge on any atom is -0.377 e. The second kappa shape index (κ2) is 8.28. The van der Waals surface area contributed by atoms with Crippen LogP contribution in [0.2, 0.25) is 5.02 Å². The van der Waals surface area contributed by atoms with Gasteiger partial charge in [0.2, 0.25) is 5.91 Å². The molecule has 0 radical (unpaired) electrons. The number of aromatic nitrogens is 2. The highest BCUT2D eigenvalue weighted by Crippen LogP contribution is 2.13. The molecular formula is C17H21ClN4O2. The van der Waals surface area contributed by atoms with Crippen molar-refractivity contribution in [2.24, 2.45) is 0 Å². The van der Waals surface area contributed by atoms with Crippen molar-refractivity contribution in [1.29, 1.82) is 0 Å². The highest BCUT2D eigenvalue weighted by Gasteiger charge is 2.15. The standard InChI is InChI=1S/C17H21ClN4O2/c18-14-5-3-13(4-6-14)12-22-16(7-8-20-22)21-17(23)11-19-10-15-2-1-9-24-15/h3-8,15,19H,1-2,9-12H2,(H,21,23). The lowest BCUT2D eigenvalue weighted by Gasteiger charge is -2.12. The first-order chi connectivity index (χ1) is 11.7. The SMILES string of the molecule is O=C(CNCC1CCCO1)Nc1ccnn1Cc1ccc(Cl)cc1. The summed E-state index contributed by atoms with van der Waals surface area (Å²) in [6, 6.07) is 9.35. The van der Waals surface area contributed by atoms with E-state index in [1.54, 1.807) is 16.9 Å². The van der Waals surface area contributed by atoms with Crippen LogP contribution in [0.5, 0.6) is 0 Å². The predicted molar refractivity (Wildman–Crippen MR) is 93.3 cm³/mol. The number of rotatable bonds is 7. The van der Waals surface area contributed by atoms with Gasteiger partial charge in [0.05, 0.1) is 25.4 Å². The van der Waals surface area contributed by atoms with Crippen molar-refractivity contribution in [3.63, 3.8) is 0 Å². The average Bonchev–Trinajstić information content (AvgIpc) is 3.22. The normalized spacial score (nSPS) is 17.1. The molecule has 6 nitrogen and oxygen atoms in total. The summed E-state index contributed by atoms with van der Waals surface area (Å²) in [6.45, 7) is 2.36. The third-order valence-electron chi connectivity index (χ3n) is 3.91. The van der Waals surface area contributed by atoms with E-state index >= 15 is 0 Å². The van der Waals surface area contributed by atoms with Gasteiger partial charge in [0.25, 0.3) is 0 Å². The first kappa shape index (κ1) is 17.0. The van der Waals surface area contributed by atoms with Crippen LogP contribution in [0.3, 0.4) is 0 Å². The van der Waals surface area contributed by atoms with E-state index in [-0.39, 0.29) is 18.6 Å². The average molecular weight is 349 g/mol. The molecule has 24 heavy (non-hydrogen) atoms. The van der Waals surface area contributed by atoms with Gasteiger partial charge in [-0.15, -0.1) is 0 Å². The molecule has 0 aliphatic carbocycles. The number of nitrogens with one attached hydrogen (secondary N) is 2. The molecule has 7 heteroatoms. The zero-order valence-corrected chi connectivity index (χ0v) is 14.1. The van der Waals surface area contributed by atoms with Gasteiger partial charge in [0.1, 0.15) is 5.82 Å². The number of nitrogens with zero attached hydrogens (tertiary/aromatic N) is 2. The Hall–Kier alpha value is -1.89. The fourth-order valence-corrected chi connectivity index (χ4v) is 2.79. The number of hydrogen-bond donors (Lipinski definition) is 2. The fraction of sp³-hybridized carbons (Fsp3) is 0.412. The lowest BCUT2D eigenvalue weighted by Crippen LogP contribution is -2.34. The van der Waals surface area contributed by atoms with Gasteiger partial charge >= 0.3 is 0 Å². The molecule has 1 aliphatic rings. The molecule has 128 valence electrons. The van der Waals surface area contributed by atoms with Gasteiger partial charge in [-0.05, 0) is 30.5 Å². The van der Waals surface area contributed by atoms with Crippen LogP contribution in [0, 0.1) is 0 Å². The quantitative estimate of drug-likeness (QED) is 0.805. The Kier molecular flexibility index (Phi) is 5.85. The third kappa shape index (κ3) is 4.80. The summed E-state index contributed by atoms with van der Waals surface area (Å²) in [7, 11) is 0. The topological polar surface area (TPSA) is 68.2 Å². The van der Waals surface area contributed by atoms with Gasteiger partial charge in [0, 0.05) is 24.2 Å². The van der Waals surface area contributed by atoms with Crippen molar-refractivity contribution in [3.05, 3.63) is 47.1 Å². The van der Waals surface area contributed by atoms with Crippen molar-refractivity contribution in [2.45, 2.75) is 25.5 Å². The monoisotopic (exact) mass is 348 g/mol. The number of anilines is 1. The molecule has 1 amide bonds. The van der Waals surface area contributed by atoms with Crippen LogP contribution in [0.25, 0.3) is 0 Å². The Bertz CT molecular complexity index is 665. The smallest absolute Gasteiger partial charge is 0.239 e. The van der Waals surface area contributed by atoms with Gasteiger partial charge < -0.3 is 15.4 Å². The molecule has 1 saturated heterocycles. The summed E-state index contributed by atoms with van der Waals surface area (Å²) in [5, 5.41) is 11.0. The van der Waals surface area contributed by atoms with Crippen molar-refractivity contribution in [2.75, 3.05) is 25.0 Å². The molecule has 1 unspecified atom stereocenters. The van der Waals surface area contributed by atoms with E-state index in [1.165, 1.54) is 0 Å². The van der Waals surface area contributed by atoms with Crippen LogP contribution in [0.1, 0.15) is 18.4 Å². The molecule has 0 bridgehead atoms. The Morgan fingerprint density at radius 2 is 2.17 bits per heavy atom. The summed E-state index contributed by atoms with van der Waals surface area (Å²) < 4.78 is 7.27. The summed E-state index contributed by atoms with van der Waals surface area (Å²) in [5.41, 5.74) is 1.06. The molecule has 0 spiro atoms. The Labute approximate surface area is 146 Å². The van der Waals surface area contributed by atoms with Crippen molar-refractivity contribution < 1.29 is 9.53 Å². The van der Waals surface area contributed by atoms with Gasteiger partial charge in [-0.1, -0.05) is 23.7 Å². The summed E-state index contributed by atoms with van der Waals surface area (Å²) in [5.74, 6) is 0.583. The zero-order chi connectivity index (χ0) is 16.8. The Balaban J connectivity index is 1.49. The van der Waals surface area contributed by atoms with Crippen LogP contribution in [-0.4, -0.2) is 41.5 Å². The lowest BCUT2D eigenvalue weighted by molar-refractivity contribution is -0.115. The van der Waals surface area contributed by atoms with E-state index < -0.39 is 0 Å². The Morgan fingerprint density at radius 3 is 2.92 bits per heavy atom. The third-order valence-corrected chi connectivity index (χ3v) is 4.16. The lowest BCUT2D eigenvalue weighted by atomic mass is 10.2. The van der Waals surface area contributed by atoms with Crippen LogP contribution in [0.4, 0.5) is 5.82 Å². The summed E-state index contributed by atoms with van der Waals surface area (Å²) >= 11 is 5.89. The molecule has 1 aromatic heterocycles. The molecule has 1 aromatic carbocycles. The molecule has 1 atom stereocenters. The first-order valence-electron chi connectivity index (χ1n) is 8.09. The van der Waals surface area contributed by atoms with E-state index in [1.807, 2.05) is 24.3 Å². The van der Waals surface area contributed by atoms with Crippen molar-refractivity contribution in [1.82, 2.24) is 15.1 Å². The molecule has 3 rings (SSSR count). The predicted octanol–water partition coefficient (Wildman–Crippen LogP) is 2.29. The molecule has 2 N–H and O–H groups in total. The number of carbonyl (C=O) groups excluding carboxylic acids is 1. The summed E-state index contributed by atoms with van der Waals surface area (Å²) in [6.07, 6.45) is 4.06. The molecule has 2 heterocycles. The number of amides is 1. The maximum atomic E-state index is 12.1. The summed E-state index contributed by atoms with van der Waals surface area (Å²) in [4.78, 5) is 12.1. The number of ether oxygens (including phenoxy) is 1. The maximum absolute atomic E-state index is 12.1. The minimum absolute atomic E-state index is 0.0918. The van der Waals surface area contributed by atoms with E-state index in [2.05, 4.69) is 15.7 Å². The van der Waals surface area contributed by atoms with Crippen molar-refractivity contribution >= 4 is 23.3 Å². The highest BCUT2D eigenvalue weighted by molar-refractivity contribution is 6.30. The molecule has 0 saturated carbocycles. The highest BCUT2D eigenvalue weighted by atomic mass is 35.5. The minimum atomic E-state index is -0.0918. The first-order valence-corrected chi connectivity index (χ1v) is 8.47. The van der Waals surface area contributed by atoms with Gasteiger partial charge in [-0.2, -0.15) is 5.10 Å². The number of hydrogen-bond acceptors (Lipinski definition) is 4. The van der Waals surface area contributed by atoms with Gasteiger partial charge in [0.15, 0.2) is 0 Å². The fourth-order valence-electron chi connectivity index (χ4n) is 2.67. The number of benzene rings is 1. The van der Waals surface area contributed by atoms with E-state index in [9.17, 15) is 4.79 Å². The second-order valence-corrected chi connectivity index (χ2v) is 6.25. The van der Waals surface area contributed by atoms with Gasteiger partial charge in [-0.3, -0.25) is 4.79 Å². The van der Waals surface area contributed by atoms with Crippen molar-refractivity contribution in [3.8, 4) is 0 Å². The number of halogens is 1. The zero-order valence-electron chi connectivity index (χ0n) is 13.4. The van der Waals surface area contributed by atoms with Crippen LogP contribution < -0.4 is 10.6 Å². The van der Waals surface area contributed by atoms with E-state index in [0.717, 1.165) is 25.0 Å². The Morgan fingerprint density at radius 1 is 1.33 bits per heavy atom.